The normalized spacial score (nSPS) is 35.5. The molecule has 0 aromatic heterocycles. The standard InChI is InChI=1S/C9H18Si2/c1-8(2)6-4-5-7-9(8,3)11-10/h4-7H,11H2,1-3,10H3. The second-order valence-corrected chi connectivity index (χ2v) is 8.51. The molecule has 62 valence electrons. The molecule has 1 aliphatic rings. The average Bonchev–Trinajstić information content (AvgIpc) is 1.95. The Bertz CT molecular complexity index is 204. The van der Waals surface area contributed by atoms with Crippen LogP contribution < -0.4 is 0 Å². The lowest BCUT2D eigenvalue weighted by molar-refractivity contribution is 0.381. The Hall–Kier alpha value is -0.0862. The molecule has 0 saturated heterocycles. The summed E-state index contributed by atoms with van der Waals surface area (Å²) in [4.78, 5) is 0. The zero-order valence-electron chi connectivity index (χ0n) is 8.02. The monoisotopic (exact) mass is 182 g/mol. The highest BCUT2D eigenvalue weighted by atomic mass is 29.1. The zero-order valence-corrected chi connectivity index (χ0v) is 11.4. The fourth-order valence-corrected chi connectivity index (χ4v) is 6.38. The Morgan fingerprint density at radius 1 is 1.09 bits per heavy atom. The molecule has 0 nitrogen and oxygen atoms in total. The van der Waals surface area contributed by atoms with Gasteiger partial charge in [0.05, 0.1) is 0 Å². The van der Waals surface area contributed by atoms with E-state index in [9.17, 15) is 0 Å². The second kappa shape index (κ2) is 2.75. The van der Waals surface area contributed by atoms with Crippen molar-refractivity contribution >= 4 is 18.8 Å². The molecule has 0 fully saturated rings. The van der Waals surface area contributed by atoms with Gasteiger partial charge in [-0.15, -0.1) is 0 Å². The number of hydrogen-bond acceptors (Lipinski definition) is 0. The van der Waals surface area contributed by atoms with Crippen LogP contribution in [0.4, 0.5) is 0 Å². The van der Waals surface area contributed by atoms with E-state index >= 15 is 0 Å². The van der Waals surface area contributed by atoms with Gasteiger partial charge in [0.25, 0.3) is 0 Å². The van der Waals surface area contributed by atoms with Crippen LogP contribution in [0.1, 0.15) is 20.8 Å². The summed E-state index contributed by atoms with van der Waals surface area (Å²) < 4.78 is 0. The van der Waals surface area contributed by atoms with Crippen LogP contribution in [-0.2, 0) is 0 Å². The highest BCUT2D eigenvalue weighted by Gasteiger charge is 2.36. The summed E-state index contributed by atoms with van der Waals surface area (Å²) in [5, 5.41) is 0.550. The SMILES string of the molecule is CC1(C)C=CC=CC1(C)[SiH2][SiH3]. The minimum absolute atomic E-state index is 0.168. The summed E-state index contributed by atoms with van der Waals surface area (Å²) in [5.74, 6) is 0. The average molecular weight is 182 g/mol. The van der Waals surface area contributed by atoms with Gasteiger partial charge in [-0.3, -0.25) is 0 Å². The van der Waals surface area contributed by atoms with E-state index in [-0.39, 0.29) is 9.04 Å². The van der Waals surface area contributed by atoms with Crippen molar-refractivity contribution in [1.82, 2.24) is 0 Å². The number of rotatable bonds is 1. The van der Waals surface area contributed by atoms with Crippen molar-refractivity contribution in [2.45, 2.75) is 25.8 Å². The van der Waals surface area contributed by atoms with Crippen LogP contribution in [0.5, 0.6) is 0 Å². The quantitative estimate of drug-likeness (QED) is 0.526. The smallest absolute Gasteiger partial charge is 0.0172 e. The second-order valence-electron chi connectivity index (χ2n) is 4.21. The predicted octanol–water partition coefficient (Wildman–Crippen LogP) is 0.766. The highest BCUT2D eigenvalue weighted by Crippen LogP contribution is 2.48. The molecule has 0 saturated carbocycles. The van der Waals surface area contributed by atoms with Gasteiger partial charge in [0.15, 0.2) is 0 Å². The molecule has 2 heteroatoms. The van der Waals surface area contributed by atoms with Gasteiger partial charge in [0.1, 0.15) is 0 Å². The Balaban J connectivity index is 2.97. The molecule has 0 radical (unpaired) electrons. The van der Waals surface area contributed by atoms with Crippen LogP contribution in [0.3, 0.4) is 0 Å². The fourth-order valence-electron chi connectivity index (χ4n) is 1.54. The molecule has 0 amide bonds. The summed E-state index contributed by atoms with van der Waals surface area (Å²) in [6.07, 6.45) is 9.19. The Labute approximate surface area is 74.8 Å². The van der Waals surface area contributed by atoms with Gasteiger partial charge >= 0.3 is 0 Å². The molecular weight excluding hydrogens is 164 g/mol. The number of hydrogen-bond donors (Lipinski definition) is 0. The van der Waals surface area contributed by atoms with Crippen LogP contribution in [0.25, 0.3) is 0 Å². The summed E-state index contributed by atoms with van der Waals surface area (Å²) in [5.41, 5.74) is 0.412. The van der Waals surface area contributed by atoms with E-state index in [1.807, 2.05) is 0 Å². The summed E-state index contributed by atoms with van der Waals surface area (Å²) in [6, 6.07) is 0. The molecule has 1 atom stereocenters. The van der Waals surface area contributed by atoms with Gasteiger partial charge in [-0.25, -0.2) is 0 Å². The molecule has 0 aromatic rings. The van der Waals surface area contributed by atoms with E-state index in [1.165, 1.54) is 9.76 Å². The maximum absolute atomic E-state index is 2.42. The minimum atomic E-state index is 0.168. The van der Waals surface area contributed by atoms with Crippen molar-refractivity contribution in [2.75, 3.05) is 0 Å². The van der Waals surface area contributed by atoms with Crippen molar-refractivity contribution in [2.24, 2.45) is 5.41 Å². The molecule has 0 spiro atoms. The lowest BCUT2D eigenvalue weighted by Crippen LogP contribution is -2.32. The van der Waals surface area contributed by atoms with E-state index < -0.39 is 0 Å². The molecule has 0 heterocycles. The number of allylic oxidation sites excluding steroid dienone is 4. The first kappa shape index (κ1) is 9.01. The van der Waals surface area contributed by atoms with E-state index in [0.29, 0.717) is 10.5 Å². The Kier molecular flexibility index (Phi) is 2.25. The molecule has 0 aliphatic heterocycles. The lowest BCUT2D eigenvalue weighted by atomic mass is 9.76. The fraction of sp³-hybridized carbons (Fsp3) is 0.556. The maximum atomic E-state index is 2.42. The highest BCUT2D eigenvalue weighted by molar-refractivity contribution is 6.91. The van der Waals surface area contributed by atoms with Crippen molar-refractivity contribution < 1.29 is 0 Å². The van der Waals surface area contributed by atoms with Crippen molar-refractivity contribution in [1.29, 1.82) is 0 Å². The van der Waals surface area contributed by atoms with E-state index in [4.69, 9.17) is 0 Å². The van der Waals surface area contributed by atoms with Crippen LogP contribution in [0.15, 0.2) is 24.3 Å². The first-order valence-corrected chi connectivity index (χ1v) is 10.8. The third-order valence-corrected chi connectivity index (χ3v) is 10.3. The van der Waals surface area contributed by atoms with Gasteiger partial charge in [-0.1, -0.05) is 45.1 Å². The zero-order chi connectivity index (χ0) is 8.54. The topological polar surface area (TPSA) is 0 Å². The van der Waals surface area contributed by atoms with Crippen molar-refractivity contribution in [3.8, 4) is 0 Å². The molecule has 1 rings (SSSR count). The van der Waals surface area contributed by atoms with Crippen LogP contribution in [-0.4, -0.2) is 18.8 Å². The van der Waals surface area contributed by atoms with Crippen LogP contribution in [0, 0.1) is 5.41 Å². The van der Waals surface area contributed by atoms with Gasteiger partial charge in [0, 0.05) is 9.04 Å². The van der Waals surface area contributed by atoms with Crippen molar-refractivity contribution in [3.05, 3.63) is 24.3 Å². The molecule has 1 unspecified atom stereocenters. The predicted molar refractivity (Wildman–Crippen MR) is 58.9 cm³/mol. The van der Waals surface area contributed by atoms with Gasteiger partial charge in [-0.05, 0) is 20.2 Å². The lowest BCUT2D eigenvalue weighted by Gasteiger charge is -2.41. The minimum Gasteiger partial charge on any atom is -0.0814 e. The van der Waals surface area contributed by atoms with Gasteiger partial charge in [-0.2, -0.15) is 0 Å². The Morgan fingerprint density at radius 2 is 1.64 bits per heavy atom. The summed E-state index contributed by atoms with van der Waals surface area (Å²) in [6.45, 7) is 7.14. The largest absolute Gasteiger partial charge is 0.0814 e. The Morgan fingerprint density at radius 3 is 2.00 bits per heavy atom. The molecule has 1 aliphatic carbocycles. The first-order chi connectivity index (χ1) is 5.02. The molecular formula is C9H18Si2. The summed E-state index contributed by atoms with van der Waals surface area (Å²) >= 11 is 0. The van der Waals surface area contributed by atoms with Crippen LogP contribution in [0.2, 0.25) is 5.04 Å². The van der Waals surface area contributed by atoms with Gasteiger partial charge < -0.3 is 0 Å². The van der Waals surface area contributed by atoms with Gasteiger partial charge in [0.2, 0.25) is 0 Å². The van der Waals surface area contributed by atoms with E-state index in [2.05, 4.69) is 45.1 Å². The maximum Gasteiger partial charge on any atom is 0.0172 e. The third-order valence-electron chi connectivity index (χ3n) is 3.29. The molecule has 11 heavy (non-hydrogen) atoms. The molecule has 0 bridgehead atoms. The first-order valence-electron chi connectivity index (χ1n) is 4.39. The van der Waals surface area contributed by atoms with Crippen LogP contribution >= 0.6 is 0 Å². The third kappa shape index (κ3) is 1.42. The summed E-state index contributed by atoms with van der Waals surface area (Å²) in [7, 11) is 1.60. The van der Waals surface area contributed by atoms with E-state index in [0.717, 1.165) is 0 Å². The van der Waals surface area contributed by atoms with E-state index in [1.54, 1.807) is 0 Å². The molecule has 0 aromatic carbocycles. The molecule has 0 N–H and O–H groups in total. The van der Waals surface area contributed by atoms with Crippen molar-refractivity contribution in [3.63, 3.8) is 0 Å².